The lowest BCUT2D eigenvalue weighted by Crippen LogP contribution is -2.11. The van der Waals surface area contributed by atoms with Crippen LogP contribution in [0, 0.1) is 0 Å². The number of H-pyrrole nitrogens is 1. The van der Waals surface area contributed by atoms with Crippen molar-refractivity contribution < 1.29 is 0 Å². The maximum atomic E-state index is 11.6. The van der Waals surface area contributed by atoms with Gasteiger partial charge in [-0.1, -0.05) is 41.9 Å². The molecule has 4 heteroatoms. The van der Waals surface area contributed by atoms with Gasteiger partial charge < -0.3 is 4.98 Å². The molecule has 0 aliphatic rings. The van der Waals surface area contributed by atoms with Crippen molar-refractivity contribution in [3.8, 4) is 11.4 Å². The summed E-state index contributed by atoms with van der Waals surface area (Å²) in [5, 5.41) is 0. The minimum atomic E-state index is -0.112. The first kappa shape index (κ1) is 12.0. The number of hydrogen-bond acceptors (Lipinski definition) is 2. The molecule has 0 bridgehead atoms. The zero-order chi connectivity index (χ0) is 12.4. The van der Waals surface area contributed by atoms with E-state index in [-0.39, 0.29) is 11.5 Å². The minimum Gasteiger partial charge on any atom is -0.307 e. The molecular weight excluding hydrogens is 280 g/mol. The second kappa shape index (κ2) is 4.84. The molecule has 0 fully saturated rings. The highest BCUT2D eigenvalue weighted by atomic mass is 79.9. The van der Waals surface area contributed by atoms with Gasteiger partial charge in [0.15, 0.2) is 0 Å². The van der Waals surface area contributed by atoms with Crippen molar-refractivity contribution in [3.05, 3.63) is 50.9 Å². The van der Waals surface area contributed by atoms with Gasteiger partial charge in [0.2, 0.25) is 0 Å². The van der Waals surface area contributed by atoms with Gasteiger partial charge >= 0.3 is 0 Å². The summed E-state index contributed by atoms with van der Waals surface area (Å²) in [4.78, 5) is 18.8. The number of nitrogens with zero attached hydrogens (tertiary/aromatic N) is 1. The number of aromatic amines is 1. The molecule has 1 aromatic carbocycles. The van der Waals surface area contributed by atoms with Crippen molar-refractivity contribution in [2.24, 2.45) is 0 Å². The summed E-state index contributed by atoms with van der Waals surface area (Å²) in [7, 11) is 0. The summed E-state index contributed by atoms with van der Waals surface area (Å²) in [5.41, 5.74) is 1.60. The van der Waals surface area contributed by atoms with Crippen molar-refractivity contribution in [3.63, 3.8) is 0 Å². The normalized spacial score (nSPS) is 10.8. The second-order valence-corrected chi connectivity index (χ2v) is 5.10. The standard InChI is InChI=1S/C13H13BrN2O/c1-8(2)11-7-12(17)16-13(15-11)9-4-3-5-10(14)6-9/h3-8H,1-2H3,(H,15,16,17). The third kappa shape index (κ3) is 2.82. The molecule has 0 aliphatic heterocycles. The van der Waals surface area contributed by atoms with Gasteiger partial charge in [0.25, 0.3) is 5.56 Å². The molecule has 88 valence electrons. The third-order valence-corrected chi connectivity index (χ3v) is 2.94. The van der Waals surface area contributed by atoms with Gasteiger partial charge in [-0.2, -0.15) is 0 Å². The molecule has 0 saturated heterocycles. The summed E-state index contributed by atoms with van der Waals surface area (Å²) in [5.74, 6) is 0.853. The lowest BCUT2D eigenvalue weighted by Gasteiger charge is -2.07. The van der Waals surface area contributed by atoms with Crippen LogP contribution in [0.25, 0.3) is 11.4 Å². The third-order valence-electron chi connectivity index (χ3n) is 2.45. The molecule has 1 heterocycles. The average Bonchev–Trinajstić information content (AvgIpc) is 2.28. The minimum absolute atomic E-state index is 0.112. The van der Waals surface area contributed by atoms with Crippen molar-refractivity contribution >= 4 is 15.9 Å². The maximum Gasteiger partial charge on any atom is 0.251 e. The number of benzene rings is 1. The number of rotatable bonds is 2. The van der Waals surface area contributed by atoms with Crippen LogP contribution in [0.1, 0.15) is 25.5 Å². The first-order valence-electron chi connectivity index (χ1n) is 5.43. The molecule has 0 aliphatic carbocycles. The Labute approximate surface area is 108 Å². The first-order chi connectivity index (χ1) is 8.06. The van der Waals surface area contributed by atoms with Crippen LogP contribution in [0.2, 0.25) is 0 Å². The molecule has 2 aromatic rings. The van der Waals surface area contributed by atoms with E-state index in [9.17, 15) is 4.79 Å². The fourth-order valence-corrected chi connectivity index (χ4v) is 1.94. The van der Waals surface area contributed by atoms with E-state index in [1.807, 2.05) is 38.1 Å². The van der Waals surface area contributed by atoms with Crippen LogP contribution in [0.15, 0.2) is 39.6 Å². The number of halogens is 1. The van der Waals surface area contributed by atoms with Crippen molar-refractivity contribution in [2.75, 3.05) is 0 Å². The van der Waals surface area contributed by atoms with Crippen LogP contribution >= 0.6 is 15.9 Å². The van der Waals surface area contributed by atoms with E-state index < -0.39 is 0 Å². The summed E-state index contributed by atoms with van der Waals surface area (Å²) in [6.45, 7) is 4.04. The van der Waals surface area contributed by atoms with E-state index in [0.29, 0.717) is 5.82 Å². The first-order valence-corrected chi connectivity index (χ1v) is 6.23. The number of hydrogen-bond donors (Lipinski definition) is 1. The Balaban J connectivity index is 2.56. The summed E-state index contributed by atoms with van der Waals surface area (Å²) < 4.78 is 0.965. The molecule has 0 atom stereocenters. The van der Waals surface area contributed by atoms with Gasteiger partial charge in [-0.3, -0.25) is 4.79 Å². The number of aromatic nitrogens is 2. The van der Waals surface area contributed by atoms with Crippen molar-refractivity contribution in [1.82, 2.24) is 9.97 Å². The van der Waals surface area contributed by atoms with Gasteiger partial charge in [0, 0.05) is 16.1 Å². The highest BCUT2D eigenvalue weighted by Gasteiger charge is 2.07. The fourth-order valence-electron chi connectivity index (χ4n) is 1.54. The van der Waals surface area contributed by atoms with Gasteiger partial charge in [0.1, 0.15) is 5.82 Å². The Kier molecular flexibility index (Phi) is 3.43. The smallest absolute Gasteiger partial charge is 0.251 e. The molecule has 3 nitrogen and oxygen atoms in total. The van der Waals surface area contributed by atoms with Gasteiger partial charge in [-0.25, -0.2) is 4.98 Å². The molecule has 1 aromatic heterocycles. The highest BCUT2D eigenvalue weighted by Crippen LogP contribution is 2.20. The second-order valence-electron chi connectivity index (χ2n) is 4.18. The summed E-state index contributed by atoms with van der Waals surface area (Å²) in [6, 6.07) is 9.26. The Morgan fingerprint density at radius 1 is 1.29 bits per heavy atom. The average molecular weight is 293 g/mol. The van der Waals surface area contributed by atoms with Crippen LogP contribution in [0.3, 0.4) is 0 Å². The van der Waals surface area contributed by atoms with E-state index in [2.05, 4.69) is 25.9 Å². The maximum absolute atomic E-state index is 11.6. The molecule has 2 rings (SSSR count). The molecule has 0 spiro atoms. The molecule has 0 amide bonds. The Morgan fingerprint density at radius 2 is 2.06 bits per heavy atom. The molecule has 0 radical (unpaired) electrons. The van der Waals surface area contributed by atoms with E-state index >= 15 is 0 Å². The van der Waals surface area contributed by atoms with Crippen LogP contribution in [0.4, 0.5) is 0 Å². The van der Waals surface area contributed by atoms with E-state index in [1.165, 1.54) is 0 Å². The quantitative estimate of drug-likeness (QED) is 0.923. The Morgan fingerprint density at radius 3 is 2.71 bits per heavy atom. The van der Waals surface area contributed by atoms with Gasteiger partial charge in [-0.05, 0) is 18.1 Å². The van der Waals surface area contributed by atoms with Crippen molar-refractivity contribution in [1.29, 1.82) is 0 Å². The van der Waals surface area contributed by atoms with Crippen LogP contribution in [0.5, 0.6) is 0 Å². The Hall–Kier alpha value is -1.42. The largest absolute Gasteiger partial charge is 0.307 e. The zero-order valence-electron chi connectivity index (χ0n) is 9.70. The van der Waals surface area contributed by atoms with Gasteiger partial charge in [-0.15, -0.1) is 0 Å². The van der Waals surface area contributed by atoms with E-state index in [0.717, 1.165) is 15.7 Å². The lowest BCUT2D eigenvalue weighted by atomic mass is 10.1. The van der Waals surface area contributed by atoms with E-state index in [4.69, 9.17) is 0 Å². The summed E-state index contributed by atoms with van der Waals surface area (Å²) in [6.07, 6.45) is 0. The van der Waals surface area contributed by atoms with E-state index in [1.54, 1.807) is 6.07 Å². The number of nitrogens with one attached hydrogen (secondary N) is 1. The topological polar surface area (TPSA) is 45.8 Å². The lowest BCUT2D eigenvalue weighted by molar-refractivity contribution is 0.812. The van der Waals surface area contributed by atoms with Crippen LogP contribution in [-0.4, -0.2) is 9.97 Å². The highest BCUT2D eigenvalue weighted by molar-refractivity contribution is 9.10. The summed E-state index contributed by atoms with van der Waals surface area (Å²) >= 11 is 3.41. The molecule has 0 unspecified atom stereocenters. The van der Waals surface area contributed by atoms with Crippen molar-refractivity contribution in [2.45, 2.75) is 19.8 Å². The van der Waals surface area contributed by atoms with Crippen LogP contribution < -0.4 is 5.56 Å². The fraction of sp³-hybridized carbons (Fsp3) is 0.231. The molecule has 1 N–H and O–H groups in total. The molecule has 0 saturated carbocycles. The zero-order valence-corrected chi connectivity index (χ0v) is 11.3. The molecule has 17 heavy (non-hydrogen) atoms. The Bertz CT molecular complexity index is 590. The monoisotopic (exact) mass is 292 g/mol. The van der Waals surface area contributed by atoms with Crippen LogP contribution in [-0.2, 0) is 0 Å². The predicted molar refractivity (Wildman–Crippen MR) is 72.1 cm³/mol. The predicted octanol–water partition coefficient (Wildman–Crippen LogP) is 3.32. The SMILES string of the molecule is CC(C)c1cc(=O)[nH]c(-c2cccc(Br)c2)n1. The van der Waals surface area contributed by atoms with Gasteiger partial charge in [0.05, 0.1) is 5.69 Å². The molecular formula is C13H13BrN2O.